The van der Waals surface area contributed by atoms with Gasteiger partial charge in [0.1, 0.15) is 6.04 Å². The summed E-state index contributed by atoms with van der Waals surface area (Å²) in [6.45, 7) is 4.60. The first-order valence-corrected chi connectivity index (χ1v) is 7.42. The number of aliphatic carboxylic acids is 1. The number of pyridine rings is 1. The number of fused-ring (bicyclic) bond motifs is 1. The van der Waals surface area contributed by atoms with Crippen molar-refractivity contribution in [2.24, 2.45) is 0 Å². The van der Waals surface area contributed by atoms with Crippen LogP contribution in [0.1, 0.15) is 37.4 Å². The van der Waals surface area contributed by atoms with E-state index in [2.05, 4.69) is 23.3 Å². The Kier molecular flexibility index (Phi) is 5.28. The van der Waals surface area contributed by atoms with Gasteiger partial charge in [-0.25, -0.2) is 0 Å². The maximum absolute atomic E-state index is 11.2. The van der Waals surface area contributed by atoms with Crippen molar-refractivity contribution < 1.29 is 9.90 Å². The zero-order chi connectivity index (χ0) is 15.2. The van der Waals surface area contributed by atoms with Crippen LogP contribution in [0.3, 0.4) is 0 Å². The molecule has 1 aromatic carbocycles. The molecule has 0 bridgehead atoms. The third kappa shape index (κ3) is 4.26. The zero-order valence-electron chi connectivity index (χ0n) is 12.6. The lowest BCUT2D eigenvalue weighted by atomic mass is 10.1. The smallest absolute Gasteiger partial charge is 0.320 e. The van der Waals surface area contributed by atoms with Gasteiger partial charge in [0.2, 0.25) is 0 Å². The van der Waals surface area contributed by atoms with Crippen LogP contribution in [0.2, 0.25) is 0 Å². The summed E-state index contributed by atoms with van der Waals surface area (Å²) in [4.78, 5) is 15.7. The number of hydrogen-bond donors (Lipinski definition) is 2. The van der Waals surface area contributed by atoms with Crippen LogP contribution < -0.4 is 5.32 Å². The average Bonchev–Trinajstić information content (AvgIpc) is 2.47. The van der Waals surface area contributed by atoms with E-state index in [1.54, 1.807) is 0 Å². The van der Waals surface area contributed by atoms with Crippen molar-refractivity contribution in [3.8, 4) is 0 Å². The molecule has 21 heavy (non-hydrogen) atoms. The Hall–Kier alpha value is -1.94. The third-order valence-electron chi connectivity index (χ3n) is 3.59. The Labute approximate surface area is 125 Å². The second-order valence-electron chi connectivity index (χ2n) is 5.39. The molecule has 1 atom stereocenters. The molecular weight excluding hydrogens is 264 g/mol. The lowest BCUT2D eigenvalue weighted by Crippen LogP contribution is -2.36. The molecule has 1 aromatic heterocycles. The maximum atomic E-state index is 11.2. The summed E-state index contributed by atoms with van der Waals surface area (Å²) in [5, 5.41) is 13.4. The summed E-state index contributed by atoms with van der Waals surface area (Å²) in [7, 11) is 0. The number of aryl methyl sites for hydroxylation is 1. The van der Waals surface area contributed by atoms with Gasteiger partial charge in [0.05, 0.1) is 5.52 Å². The van der Waals surface area contributed by atoms with E-state index in [1.807, 2.05) is 31.2 Å². The van der Waals surface area contributed by atoms with Crippen molar-refractivity contribution >= 4 is 16.9 Å². The molecule has 0 amide bonds. The predicted molar refractivity (Wildman–Crippen MR) is 84.3 cm³/mol. The molecule has 112 valence electrons. The van der Waals surface area contributed by atoms with Crippen LogP contribution in [-0.2, 0) is 11.3 Å². The Morgan fingerprint density at radius 1 is 1.33 bits per heavy atom. The summed E-state index contributed by atoms with van der Waals surface area (Å²) >= 11 is 0. The van der Waals surface area contributed by atoms with Gasteiger partial charge in [-0.3, -0.25) is 9.78 Å². The maximum Gasteiger partial charge on any atom is 0.320 e. The van der Waals surface area contributed by atoms with Crippen LogP contribution in [0, 0.1) is 6.92 Å². The van der Waals surface area contributed by atoms with Crippen molar-refractivity contribution in [1.82, 2.24) is 10.3 Å². The molecule has 0 fully saturated rings. The number of nitrogens with one attached hydrogen (secondary N) is 1. The summed E-state index contributed by atoms with van der Waals surface area (Å²) < 4.78 is 0. The molecule has 1 unspecified atom stereocenters. The van der Waals surface area contributed by atoms with Gasteiger partial charge in [0.25, 0.3) is 0 Å². The molecule has 4 heteroatoms. The molecule has 0 saturated heterocycles. The van der Waals surface area contributed by atoms with Gasteiger partial charge in [0, 0.05) is 17.6 Å². The van der Waals surface area contributed by atoms with Gasteiger partial charge in [-0.15, -0.1) is 0 Å². The molecule has 1 heterocycles. The Morgan fingerprint density at radius 2 is 2.14 bits per heavy atom. The van der Waals surface area contributed by atoms with Gasteiger partial charge >= 0.3 is 5.97 Å². The molecule has 2 N–H and O–H groups in total. The van der Waals surface area contributed by atoms with Gasteiger partial charge in [-0.2, -0.15) is 0 Å². The first-order chi connectivity index (χ1) is 10.1. The molecule has 2 rings (SSSR count). The second-order valence-corrected chi connectivity index (χ2v) is 5.39. The van der Waals surface area contributed by atoms with E-state index in [0.29, 0.717) is 13.0 Å². The Morgan fingerprint density at radius 3 is 2.86 bits per heavy atom. The third-order valence-corrected chi connectivity index (χ3v) is 3.59. The SMILES string of the molecule is CCCCC(NCc1ccc2nc(C)ccc2c1)C(=O)O. The number of hydrogen-bond acceptors (Lipinski definition) is 3. The van der Waals surface area contributed by atoms with Crippen LogP contribution >= 0.6 is 0 Å². The van der Waals surface area contributed by atoms with E-state index in [9.17, 15) is 9.90 Å². The largest absolute Gasteiger partial charge is 0.480 e. The van der Waals surface area contributed by atoms with E-state index < -0.39 is 12.0 Å². The second kappa shape index (κ2) is 7.18. The van der Waals surface area contributed by atoms with Crippen LogP contribution in [0.25, 0.3) is 10.9 Å². The fraction of sp³-hybridized carbons (Fsp3) is 0.412. The number of carboxylic acids is 1. The first-order valence-electron chi connectivity index (χ1n) is 7.42. The molecule has 0 spiro atoms. The molecule has 0 saturated carbocycles. The monoisotopic (exact) mass is 286 g/mol. The molecule has 2 aromatic rings. The highest BCUT2D eigenvalue weighted by molar-refractivity contribution is 5.79. The summed E-state index contributed by atoms with van der Waals surface area (Å²) in [6, 6.07) is 9.61. The standard InChI is InChI=1S/C17H22N2O2/c1-3-4-5-16(17(20)21)18-11-13-7-9-15-14(10-13)8-6-12(2)19-15/h6-10,16,18H,3-5,11H2,1-2H3,(H,20,21). The molecular formula is C17H22N2O2. The first kappa shape index (κ1) is 15.4. The summed E-state index contributed by atoms with van der Waals surface area (Å²) in [5.74, 6) is -0.776. The van der Waals surface area contributed by atoms with Crippen molar-refractivity contribution in [2.45, 2.75) is 45.7 Å². The van der Waals surface area contributed by atoms with Crippen LogP contribution in [0.15, 0.2) is 30.3 Å². The molecule has 0 radical (unpaired) electrons. The summed E-state index contributed by atoms with van der Waals surface area (Å²) in [6.07, 6.45) is 2.59. The number of carbonyl (C=O) groups is 1. The van der Waals surface area contributed by atoms with E-state index in [1.165, 1.54) is 0 Å². The van der Waals surface area contributed by atoms with Gasteiger partial charge in [0.15, 0.2) is 0 Å². The lowest BCUT2D eigenvalue weighted by molar-refractivity contribution is -0.139. The van der Waals surface area contributed by atoms with Gasteiger partial charge < -0.3 is 10.4 Å². The van der Waals surface area contributed by atoms with E-state index in [4.69, 9.17) is 0 Å². The number of benzene rings is 1. The Balaban J connectivity index is 2.05. The van der Waals surface area contributed by atoms with Gasteiger partial charge in [-0.1, -0.05) is 31.9 Å². The van der Waals surface area contributed by atoms with Crippen molar-refractivity contribution in [1.29, 1.82) is 0 Å². The zero-order valence-corrected chi connectivity index (χ0v) is 12.6. The highest BCUT2D eigenvalue weighted by Gasteiger charge is 2.15. The van der Waals surface area contributed by atoms with Crippen LogP contribution in [0.5, 0.6) is 0 Å². The average molecular weight is 286 g/mol. The molecule has 4 nitrogen and oxygen atoms in total. The summed E-state index contributed by atoms with van der Waals surface area (Å²) in [5.41, 5.74) is 3.05. The highest BCUT2D eigenvalue weighted by Crippen LogP contribution is 2.15. The predicted octanol–water partition coefficient (Wildman–Crippen LogP) is 3.28. The highest BCUT2D eigenvalue weighted by atomic mass is 16.4. The van der Waals surface area contributed by atoms with E-state index in [-0.39, 0.29) is 0 Å². The van der Waals surface area contributed by atoms with Crippen LogP contribution in [0.4, 0.5) is 0 Å². The van der Waals surface area contributed by atoms with Gasteiger partial charge in [-0.05, 0) is 37.1 Å². The lowest BCUT2D eigenvalue weighted by Gasteiger charge is -2.14. The molecule has 0 aliphatic heterocycles. The van der Waals surface area contributed by atoms with E-state index in [0.717, 1.165) is 35.0 Å². The number of unbranched alkanes of at least 4 members (excludes halogenated alkanes) is 1. The number of rotatable bonds is 7. The fourth-order valence-corrected chi connectivity index (χ4v) is 2.35. The number of nitrogens with zero attached hydrogens (tertiary/aromatic N) is 1. The Bertz CT molecular complexity index is 625. The van der Waals surface area contributed by atoms with Crippen LogP contribution in [-0.4, -0.2) is 22.1 Å². The number of aromatic nitrogens is 1. The minimum atomic E-state index is -0.776. The molecule has 0 aliphatic rings. The minimum absolute atomic E-state index is 0.475. The minimum Gasteiger partial charge on any atom is -0.480 e. The van der Waals surface area contributed by atoms with Crippen molar-refractivity contribution in [3.05, 3.63) is 41.6 Å². The normalized spacial score (nSPS) is 12.5. The fourth-order valence-electron chi connectivity index (χ4n) is 2.35. The number of carboxylic acid groups (broad SMARTS) is 1. The molecule has 0 aliphatic carbocycles. The van der Waals surface area contributed by atoms with Crippen molar-refractivity contribution in [3.63, 3.8) is 0 Å². The topological polar surface area (TPSA) is 62.2 Å². The van der Waals surface area contributed by atoms with E-state index >= 15 is 0 Å². The van der Waals surface area contributed by atoms with Crippen molar-refractivity contribution in [2.75, 3.05) is 0 Å². The quantitative estimate of drug-likeness (QED) is 0.820.